The van der Waals surface area contributed by atoms with Crippen LogP contribution in [0.4, 0.5) is 0 Å². The molecule has 1 aliphatic carbocycles. The molecule has 1 aliphatic rings. The van der Waals surface area contributed by atoms with Crippen molar-refractivity contribution >= 4 is 16.2 Å². The van der Waals surface area contributed by atoms with Gasteiger partial charge in [0, 0.05) is 13.1 Å². The number of hydrogen-bond donors (Lipinski definition) is 2. The molecule has 0 aliphatic heterocycles. The van der Waals surface area contributed by atoms with Gasteiger partial charge in [0.15, 0.2) is 0 Å². The first kappa shape index (κ1) is 16.4. The van der Waals surface area contributed by atoms with Crippen molar-refractivity contribution in [1.29, 1.82) is 0 Å². The molecular weight excluding hydrogens is 272 g/mol. The van der Waals surface area contributed by atoms with E-state index < -0.39 is 28.8 Å². The maximum absolute atomic E-state index is 12.1. The van der Waals surface area contributed by atoms with Crippen molar-refractivity contribution in [1.82, 2.24) is 9.03 Å². The Morgan fingerprint density at radius 1 is 1.42 bits per heavy atom. The number of carbonyl (C=O) groups excluding carboxylic acids is 1. The third-order valence-electron chi connectivity index (χ3n) is 3.43. The van der Waals surface area contributed by atoms with Gasteiger partial charge in [-0.05, 0) is 12.8 Å². The molecule has 19 heavy (non-hydrogen) atoms. The second-order valence-corrected chi connectivity index (χ2v) is 6.45. The molecule has 2 N–H and O–H groups in total. The molecule has 1 saturated carbocycles. The minimum absolute atomic E-state index is 0.0526. The van der Waals surface area contributed by atoms with Gasteiger partial charge in [0.25, 0.3) is 10.2 Å². The van der Waals surface area contributed by atoms with Crippen molar-refractivity contribution in [2.45, 2.75) is 44.2 Å². The zero-order valence-corrected chi connectivity index (χ0v) is 12.1. The number of hydrogen-bond acceptors (Lipinski definition) is 5. The summed E-state index contributed by atoms with van der Waals surface area (Å²) in [5.74, 6) is -0.803. The number of nitrogens with zero attached hydrogens (tertiary/aromatic N) is 1. The second kappa shape index (κ2) is 7.18. The Labute approximate surface area is 114 Å². The maximum atomic E-state index is 12.1. The first-order chi connectivity index (χ1) is 8.92. The minimum Gasteiger partial charge on any atom is -0.468 e. The van der Waals surface area contributed by atoms with Crippen LogP contribution in [0, 0.1) is 0 Å². The van der Waals surface area contributed by atoms with E-state index in [1.807, 2.05) is 0 Å². The summed E-state index contributed by atoms with van der Waals surface area (Å²) < 4.78 is 32.1. The van der Waals surface area contributed by atoms with Gasteiger partial charge in [-0.25, -0.2) is 0 Å². The number of ether oxygens (including phenoxy) is 1. The van der Waals surface area contributed by atoms with Gasteiger partial charge in [0.05, 0.1) is 13.7 Å². The maximum Gasteiger partial charge on any atom is 0.326 e. The summed E-state index contributed by atoms with van der Waals surface area (Å²) in [6.07, 6.45) is 4.77. The largest absolute Gasteiger partial charge is 0.468 e. The van der Waals surface area contributed by atoms with E-state index in [1.54, 1.807) is 0 Å². The van der Waals surface area contributed by atoms with Gasteiger partial charge in [-0.2, -0.15) is 17.4 Å². The summed E-state index contributed by atoms with van der Waals surface area (Å²) in [6, 6.07) is -1.32. The molecule has 112 valence electrons. The highest BCUT2D eigenvalue weighted by Crippen LogP contribution is 2.23. The topological polar surface area (TPSA) is 95.9 Å². The third-order valence-corrected chi connectivity index (χ3v) is 5.07. The quantitative estimate of drug-likeness (QED) is 0.651. The van der Waals surface area contributed by atoms with Gasteiger partial charge in [-0.3, -0.25) is 4.79 Å². The first-order valence-electron chi connectivity index (χ1n) is 6.36. The van der Waals surface area contributed by atoms with Crippen LogP contribution in [0.25, 0.3) is 0 Å². The van der Waals surface area contributed by atoms with Crippen LogP contribution in [0.3, 0.4) is 0 Å². The minimum atomic E-state index is -3.80. The molecule has 0 spiro atoms. The van der Waals surface area contributed by atoms with E-state index in [4.69, 9.17) is 5.11 Å². The number of nitrogens with one attached hydrogen (secondary N) is 1. The first-order valence-corrected chi connectivity index (χ1v) is 7.80. The molecule has 0 amide bonds. The molecule has 0 bridgehead atoms. The van der Waals surface area contributed by atoms with Crippen molar-refractivity contribution < 1.29 is 23.1 Å². The van der Waals surface area contributed by atoms with Crippen LogP contribution in [-0.2, 0) is 19.7 Å². The van der Waals surface area contributed by atoms with Crippen LogP contribution in [0.5, 0.6) is 0 Å². The van der Waals surface area contributed by atoms with Crippen molar-refractivity contribution in [2.75, 3.05) is 20.8 Å². The summed E-state index contributed by atoms with van der Waals surface area (Å²) >= 11 is 0. The molecule has 1 rings (SSSR count). The average molecular weight is 294 g/mol. The highest BCUT2D eigenvalue weighted by molar-refractivity contribution is 7.87. The second-order valence-electron chi connectivity index (χ2n) is 4.69. The van der Waals surface area contributed by atoms with Gasteiger partial charge in [0.2, 0.25) is 0 Å². The van der Waals surface area contributed by atoms with Crippen molar-refractivity contribution in [3.05, 3.63) is 0 Å². The van der Waals surface area contributed by atoms with Gasteiger partial charge in [0.1, 0.15) is 6.04 Å². The molecule has 1 fully saturated rings. The van der Waals surface area contributed by atoms with Gasteiger partial charge >= 0.3 is 5.97 Å². The summed E-state index contributed by atoms with van der Waals surface area (Å²) in [7, 11) is -1.17. The molecule has 0 aromatic carbocycles. The smallest absolute Gasteiger partial charge is 0.326 e. The van der Waals surface area contributed by atoms with Crippen LogP contribution < -0.4 is 4.72 Å². The predicted molar refractivity (Wildman–Crippen MR) is 69.6 cm³/mol. The zero-order valence-electron chi connectivity index (χ0n) is 11.3. The van der Waals surface area contributed by atoms with E-state index in [0.717, 1.165) is 39.2 Å². The number of aliphatic hydroxyl groups excluding tert-OH is 1. The van der Waals surface area contributed by atoms with Crippen LogP contribution in [-0.4, -0.2) is 56.6 Å². The molecular formula is C11H22N2O5S. The Morgan fingerprint density at radius 2 is 2.00 bits per heavy atom. The molecule has 0 aromatic rings. The molecule has 0 aromatic heterocycles. The Hall–Kier alpha value is -0.700. The lowest BCUT2D eigenvalue weighted by molar-refractivity contribution is -0.143. The fraction of sp³-hybridized carbons (Fsp3) is 0.909. The van der Waals surface area contributed by atoms with Crippen LogP contribution >= 0.6 is 0 Å². The Balaban J connectivity index is 2.70. The number of methoxy groups -OCH3 is 1. The van der Waals surface area contributed by atoms with Crippen molar-refractivity contribution in [3.63, 3.8) is 0 Å². The number of rotatable bonds is 6. The normalized spacial score (nSPS) is 19.4. The van der Waals surface area contributed by atoms with E-state index in [2.05, 4.69) is 9.46 Å². The molecule has 1 atom stereocenters. The van der Waals surface area contributed by atoms with E-state index in [9.17, 15) is 13.2 Å². The summed E-state index contributed by atoms with van der Waals surface area (Å²) in [5.41, 5.74) is 0. The third kappa shape index (κ3) is 4.41. The van der Waals surface area contributed by atoms with Gasteiger partial charge in [-0.1, -0.05) is 19.3 Å². The Morgan fingerprint density at radius 3 is 2.47 bits per heavy atom. The highest BCUT2D eigenvalue weighted by atomic mass is 32.2. The Bertz CT molecular complexity index is 392. The summed E-state index contributed by atoms with van der Waals surface area (Å²) in [6.45, 7) is -0.635. The van der Waals surface area contributed by atoms with E-state index in [0.29, 0.717) is 0 Å². The van der Waals surface area contributed by atoms with Crippen LogP contribution in [0.15, 0.2) is 0 Å². The molecule has 0 heterocycles. The SMILES string of the molecule is COC(=O)C(CO)NS(=O)(=O)N(C)C1CCCCC1. The standard InChI is InChI=1S/C11H22N2O5S/c1-13(9-6-4-3-5-7-9)19(16,17)12-10(8-14)11(15)18-2/h9-10,12,14H,3-8H2,1-2H3. The van der Waals surface area contributed by atoms with E-state index in [1.165, 1.54) is 11.4 Å². The molecule has 8 heteroatoms. The number of aliphatic hydroxyl groups is 1. The zero-order chi connectivity index (χ0) is 14.5. The molecule has 1 unspecified atom stereocenters. The lowest BCUT2D eigenvalue weighted by Gasteiger charge is -2.31. The highest BCUT2D eigenvalue weighted by Gasteiger charge is 2.31. The molecule has 0 radical (unpaired) electrons. The monoisotopic (exact) mass is 294 g/mol. The molecule has 0 saturated heterocycles. The molecule has 7 nitrogen and oxygen atoms in total. The van der Waals surface area contributed by atoms with Crippen LogP contribution in [0.2, 0.25) is 0 Å². The summed E-state index contributed by atoms with van der Waals surface area (Å²) in [5, 5.41) is 9.04. The fourth-order valence-corrected chi connectivity index (χ4v) is 3.51. The van der Waals surface area contributed by atoms with Crippen molar-refractivity contribution in [2.24, 2.45) is 0 Å². The fourth-order valence-electron chi connectivity index (χ4n) is 2.21. The van der Waals surface area contributed by atoms with Gasteiger partial charge < -0.3 is 9.84 Å². The lowest BCUT2D eigenvalue weighted by atomic mass is 9.96. The Kier molecular flexibility index (Phi) is 6.18. The number of carbonyl (C=O) groups is 1. The van der Waals surface area contributed by atoms with E-state index >= 15 is 0 Å². The number of esters is 1. The van der Waals surface area contributed by atoms with Gasteiger partial charge in [-0.15, -0.1) is 0 Å². The summed E-state index contributed by atoms with van der Waals surface area (Å²) in [4.78, 5) is 11.3. The predicted octanol–water partition coefficient (Wildman–Crippen LogP) is -0.381. The van der Waals surface area contributed by atoms with Crippen molar-refractivity contribution in [3.8, 4) is 0 Å². The average Bonchev–Trinajstić information content (AvgIpc) is 2.44. The van der Waals surface area contributed by atoms with Crippen LogP contribution in [0.1, 0.15) is 32.1 Å². The lowest BCUT2D eigenvalue weighted by Crippen LogP contribution is -2.52. The van der Waals surface area contributed by atoms with E-state index in [-0.39, 0.29) is 6.04 Å².